The third kappa shape index (κ3) is 4.24. The van der Waals surface area contributed by atoms with Crippen LogP contribution in [0.3, 0.4) is 0 Å². The van der Waals surface area contributed by atoms with Gasteiger partial charge in [0.15, 0.2) is 0 Å². The van der Waals surface area contributed by atoms with Gasteiger partial charge in [0, 0.05) is 32.4 Å². The van der Waals surface area contributed by atoms with Crippen LogP contribution in [0, 0.1) is 0 Å². The highest BCUT2D eigenvalue weighted by Gasteiger charge is 2.05. The van der Waals surface area contributed by atoms with Gasteiger partial charge >= 0.3 is 0 Å². The summed E-state index contributed by atoms with van der Waals surface area (Å²) in [7, 11) is 0. The molecule has 1 heterocycles. The summed E-state index contributed by atoms with van der Waals surface area (Å²) in [5.41, 5.74) is 7.46. The summed E-state index contributed by atoms with van der Waals surface area (Å²) in [6.07, 6.45) is 1.73. The first-order valence-corrected chi connectivity index (χ1v) is 5.38. The molecular formula is C11H19N3O2. The normalized spacial score (nSPS) is 11.0. The Morgan fingerprint density at radius 2 is 1.94 bits per heavy atom. The molecule has 0 atom stereocenters. The molecule has 1 aromatic heterocycles. The van der Waals surface area contributed by atoms with Crippen molar-refractivity contribution in [2.45, 2.75) is 13.1 Å². The second kappa shape index (κ2) is 7.29. The van der Waals surface area contributed by atoms with E-state index in [1.54, 1.807) is 6.20 Å². The van der Waals surface area contributed by atoms with Crippen LogP contribution in [0.2, 0.25) is 0 Å². The molecule has 0 aromatic carbocycles. The lowest BCUT2D eigenvalue weighted by Crippen LogP contribution is -2.29. The van der Waals surface area contributed by atoms with E-state index in [0.29, 0.717) is 26.2 Å². The molecule has 0 saturated heterocycles. The van der Waals surface area contributed by atoms with E-state index in [-0.39, 0.29) is 13.2 Å². The molecule has 90 valence electrons. The lowest BCUT2D eigenvalue weighted by atomic mass is 10.2. The summed E-state index contributed by atoms with van der Waals surface area (Å²) < 4.78 is 0. The van der Waals surface area contributed by atoms with Gasteiger partial charge in [0.25, 0.3) is 0 Å². The number of rotatable bonds is 7. The molecule has 0 aliphatic heterocycles. The van der Waals surface area contributed by atoms with Crippen LogP contribution in [-0.4, -0.2) is 46.4 Å². The first-order chi connectivity index (χ1) is 7.80. The van der Waals surface area contributed by atoms with E-state index in [4.69, 9.17) is 15.9 Å². The molecule has 1 rings (SSSR count). The quantitative estimate of drug-likeness (QED) is 0.573. The molecule has 0 radical (unpaired) electrons. The maximum absolute atomic E-state index is 8.89. The predicted octanol–water partition coefficient (Wildman–Crippen LogP) is -0.673. The summed E-state index contributed by atoms with van der Waals surface area (Å²) in [6, 6.07) is 3.86. The maximum Gasteiger partial charge on any atom is 0.0558 e. The van der Waals surface area contributed by atoms with Crippen molar-refractivity contribution in [2.75, 3.05) is 26.3 Å². The Hall–Kier alpha value is -1.01. The van der Waals surface area contributed by atoms with E-state index in [1.807, 2.05) is 17.0 Å². The van der Waals surface area contributed by atoms with E-state index in [2.05, 4.69) is 4.98 Å². The van der Waals surface area contributed by atoms with Gasteiger partial charge in [0.1, 0.15) is 0 Å². The van der Waals surface area contributed by atoms with Crippen LogP contribution in [0.4, 0.5) is 0 Å². The Morgan fingerprint density at radius 3 is 2.50 bits per heavy atom. The van der Waals surface area contributed by atoms with Crippen molar-refractivity contribution in [1.82, 2.24) is 9.88 Å². The number of aliphatic hydroxyl groups excluding tert-OH is 2. The van der Waals surface area contributed by atoms with Gasteiger partial charge in [-0.2, -0.15) is 0 Å². The summed E-state index contributed by atoms with van der Waals surface area (Å²) in [5, 5.41) is 17.8. The number of nitrogens with zero attached hydrogens (tertiary/aromatic N) is 2. The van der Waals surface area contributed by atoms with Crippen molar-refractivity contribution in [3.63, 3.8) is 0 Å². The van der Waals surface area contributed by atoms with Crippen molar-refractivity contribution in [3.05, 3.63) is 29.6 Å². The zero-order chi connectivity index (χ0) is 11.8. The molecular weight excluding hydrogens is 206 g/mol. The Balaban J connectivity index is 2.60. The van der Waals surface area contributed by atoms with Crippen LogP contribution in [0.15, 0.2) is 18.3 Å². The smallest absolute Gasteiger partial charge is 0.0558 e. The molecule has 0 spiro atoms. The van der Waals surface area contributed by atoms with Gasteiger partial charge in [-0.05, 0) is 17.7 Å². The average molecular weight is 225 g/mol. The van der Waals surface area contributed by atoms with Crippen LogP contribution in [0.1, 0.15) is 11.3 Å². The van der Waals surface area contributed by atoms with Crippen molar-refractivity contribution < 1.29 is 10.2 Å². The van der Waals surface area contributed by atoms with Gasteiger partial charge < -0.3 is 15.9 Å². The van der Waals surface area contributed by atoms with Crippen LogP contribution < -0.4 is 5.73 Å². The number of pyridine rings is 1. The van der Waals surface area contributed by atoms with E-state index >= 15 is 0 Å². The predicted molar refractivity (Wildman–Crippen MR) is 61.6 cm³/mol. The summed E-state index contributed by atoms with van der Waals surface area (Å²) in [6.45, 7) is 2.41. The highest BCUT2D eigenvalue weighted by atomic mass is 16.3. The van der Waals surface area contributed by atoms with Crippen molar-refractivity contribution in [1.29, 1.82) is 0 Å². The zero-order valence-electron chi connectivity index (χ0n) is 9.34. The molecule has 0 unspecified atom stereocenters. The molecule has 0 fully saturated rings. The fourth-order valence-electron chi connectivity index (χ4n) is 1.55. The number of aliphatic hydroxyl groups is 2. The third-order valence-electron chi connectivity index (χ3n) is 2.33. The molecule has 4 N–H and O–H groups in total. The van der Waals surface area contributed by atoms with Crippen molar-refractivity contribution in [2.24, 2.45) is 5.73 Å². The average Bonchev–Trinajstić information content (AvgIpc) is 2.30. The number of nitrogens with two attached hydrogens (primary N) is 1. The van der Waals surface area contributed by atoms with E-state index in [1.165, 1.54) is 0 Å². The minimum Gasteiger partial charge on any atom is -0.395 e. The lowest BCUT2D eigenvalue weighted by molar-refractivity contribution is 0.156. The number of hydrogen-bond donors (Lipinski definition) is 3. The van der Waals surface area contributed by atoms with Crippen molar-refractivity contribution >= 4 is 0 Å². The third-order valence-corrected chi connectivity index (χ3v) is 2.33. The maximum atomic E-state index is 8.89. The molecule has 0 saturated carbocycles. The fraction of sp³-hybridized carbons (Fsp3) is 0.545. The largest absolute Gasteiger partial charge is 0.395 e. The highest BCUT2D eigenvalue weighted by Crippen LogP contribution is 2.05. The van der Waals surface area contributed by atoms with Gasteiger partial charge in [-0.25, -0.2) is 0 Å². The first kappa shape index (κ1) is 13.1. The molecule has 5 nitrogen and oxygen atoms in total. The molecule has 1 aromatic rings. The van der Waals surface area contributed by atoms with E-state index < -0.39 is 0 Å². The topological polar surface area (TPSA) is 82.6 Å². The molecule has 5 heteroatoms. The standard InChI is InChI=1S/C11H19N3O2/c12-8-11-7-10(1-2-13-11)9-14(3-5-15)4-6-16/h1-2,7,15-16H,3-6,8-9,12H2. The summed E-state index contributed by atoms with van der Waals surface area (Å²) >= 11 is 0. The minimum absolute atomic E-state index is 0.0921. The van der Waals surface area contributed by atoms with Crippen LogP contribution >= 0.6 is 0 Å². The lowest BCUT2D eigenvalue weighted by Gasteiger charge is -2.20. The summed E-state index contributed by atoms with van der Waals surface area (Å²) in [4.78, 5) is 6.10. The monoisotopic (exact) mass is 225 g/mol. The van der Waals surface area contributed by atoms with Gasteiger partial charge in [-0.1, -0.05) is 0 Å². The Bertz CT molecular complexity index is 301. The fourth-order valence-corrected chi connectivity index (χ4v) is 1.55. The Morgan fingerprint density at radius 1 is 1.25 bits per heavy atom. The summed E-state index contributed by atoms with van der Waals surface area (Å²) in [5.74, 6) is 0. The number of hydrogen-bond acceptors (Lipinski definition) is 5. The van der Waals surface area contributed by atoms with E-state index in [9.17, 15) is 0 Å². The first-order valence-electron chi connectivity index (χ1n) is 5.38. The van der Waals surface area contributed by atoms with Crippen molar-refractivity contribution in [3.8, 4) is 0 Å². The number of aromatic nitrogens is 1. The molecule has 0 aliphatic rings. The van der Waals surface area contributed by atoms with E-state index in [0.717, 1.165) is 11.3 Å². The van der Waals surface area contributed by atoms with Gasteiger partial charge in [-0.3, -0.25) is 9.88 Å². The minimum atomic E-state index is 0.0921. The molecule has 16 heavy (non-hydrogen) atoms. The Kier molecular flexibility index (Phi) is 5.95. The SMILES string of the molecule is NCc1cc(CN(CCO)CCO)ccn1. The van der Waals surface area contributed by atoms with Gasteiger partial charge in [-0.15, -0.1) is 0 Å². The highest BCUT2D eigenvalue weighted by molar-refractivity contribution is 5.16. The zero-order valence-corrected chi connectivity index (χ0v) is 9.34. The van der Waals surface area contributed by atoms with Gasteiger partial charge in [0.05, 0.1) is 18.9 Å². The van der Waals surface area contributed by atoms with Crippen LogP contribution in [0.5, 0.6) is 0 Å². The second-order valence-corrected chi connectivity index (χ2v) is 3.58. The molecule has 0 aliphatic carbocycles. The second-order valence-electron chi connectivity index (χ2n) is 3.58. The Labute approximate surface area is 95.5 Å². The molecule has 0 amide bonds. The van der Waals surface area contributed by atoms with Crippen LogP contribution in [-0.2, 0) is 13.1 Å². The molecule has 0 bridgehead atoms. The van der Waals surface area contributed by atoms with Crippen LogP contribution in [0.25, 0.3) is 0 Å². The van der Waals surface area contributed by atoms with Gasteiger partial charge in [0.2, 0.25) is 0 Å².